The second kappa shape index (κ2) is 7.35. The Kier molecular flexibility index (Phi) is 4.63. The van der Waals surface area contributed by atoms with Crippen LogP contribution in [0.15, 0.2) is 69.0 Å². The Morgan fingerprint density at radius 2 is 1.68 bits per heavy atom. The average Bonchev–Trinajstić information content (AvgIpc) is 3.08. The number of aromatic nitrogens is 2. The monoisotopic (exact) mass is 429 g/mol. The highest BCUT2D eigenvalue weighted by Gasteiger charge is 2.44. The molecule has 1 amide bonds. The molecule has 0 saturated carbocycles. The summed E-state index contributed by atoms with van der Waals surface area (Å²) >= 11 is 1.63. The molecule has 1 aliphatic heterocycles. The maximum absolute atomic E-state index is 13.6. The maximum Gasteiger partial charge on any atom is 0.297 e. The highest BCUT2D eigenvalue weighted by Crippen LogP contribution is 2.40. The predicted molar refractivity (Wildman–Crippen MR) is 121 cm³/mol. The van der Waals surface area contributed by atoms with Crippen LogP contribution in [0.5, 0.6) is 0 Å². The number of fused-ring (bicyclic) bond motifs is 2. The first-order chi connectivity index (χ1) is 15.0. The van der Waals surface area contributed by atoms with Gasteiger partial charge in [0.1, 0.15) is 5.58 Å². The smallest absolute Gasteiger partial charge is 0.297 e. The lowest BCUT2D eigenvalue weighted by Crippen LogP contribution is -2.31. The highest BCUT2D eigenvalue weighted by atomic mass is 32.2. The molecule has 0 radical (unpaired) electrons. The number of hydrogen-bond donors (Lipinski definition) is 0. The lowest BCUT2D eigenvalue weighted by Gasteiger charge is -2.23. The molecule has 3 heterocycles. The van der Waals surface area contributed by atoms with Crippen molar-refractivity contribution in [3.8, 4) is 0 Å². The van der Waals surface area contributed by atoms with Crippen LogP contribution >= 0.6 is 11.8 Å². The van der Waals surface area contributed by atoms with E-state index in [1.165, 1.54) is 4.90 Å². The molecule has 1 unspecified atom stereocenters. The zero-order chi connectivity index (χ0) is 21.7. The molecule has 4 aromatic rings. The fraction of sp³-hybridized carbons (Fsp3) is 0.167. The molecule has 2 aromatic heterocycles. The van der Waals surface area contributed by atoms with Gasteiger partial charge < -0.3 is 4.42 Å². The topological polar surface area (TPSA) is 76.3 Å². The summed E-state index contributed by atoms with van der Waals surface area (Å²) in [7, 11) is 0. The van der Waals surface area contributed by atoms with Gasteiger partial charge in [-0.25, -0.2) is 9.97 Å². The summed E-state index contributed by atoms with van der Waals surface area (Å²) < 4.78 is 6.03. The molecule has 7 heteroatoms. The lowest BCUT2D eigenvalue weighted by molar-refractivity contribution is 0.0969. The van der Waals surface area contributed by atoms with Gasteiger partial charge in [-0.1, -0.05) is 12.1 Å². The lowest BCUT2D eigenvalue weighted by atomic mass is 9.97. The third kappa shape index (κ3) is 3.04. The zero-order valence-electron chi connectivity index (χ0n) is 17.2. The molecular weight excluding hydrogens is 410 g/mol. The molecule has 5 rings (SSSR count). The Morgan fingerprint density at radius 3 is 2.35 bits per heavy atom. The van der Waals surface area contributed by atoms with Gasteiger partial charge in [0.25, 0.3) is 5.91 Å². The van der Waals surface area contributed by atoms with Gasteiger partial charge in [0.15, 0.2) is 5.43 Å². The quantitative estimate of drug-likeness (QED) is 0.441. The molecule has 1 atom stereocenters. The first-order valence-electron chi connectivity index (χ1n) is 9.82. The van der Waals surface area contributed by atoms with Gasteiger partial charge in [-0.3, -0.25) is 14.5 Å². The Balaban J connectivity index is 1.81. The number of carbonyl (C=O) groups is 1. The summed E-state index contributed by atoms with van der Waals surface area (Å²) in [5.74, 6) is -0.141. The first-order valence-corrected chi connectivity index (χ1v) is 11.0. The van der Waals surface area contributed by atoms with Crippen LogP contribution in [0, 0.1) is 13.8 Å². The van der Waals surface area contributed by atoms with Crippen molar-refractivity contribution in [1.82, 2.24) is 9.97 Å². The van der Waals surface area contributed by atoms with E-state index in [1.54, 1.807) is 30.2 Å². The number of carbonyl (C=O) groups excluding carboxylic acids is 1. The van der Waals surface area contributed by atoms with E-state index in [1.807, 2.05) is 56.5 Å². The van der Waals surface area contributed by atoms with E-state index in [0.29, 0.717) is 16.5 Å². The Labute approximate surface area is 182 Å². The average molecular weight is 430 g/mol. The van der Waals surface area contributed by atoms with Gasteiger partial charge in [-0.15, -0.1) is 11.8 Å². The Bertz CT molecular complexity index is 1380. The largest absolute Gasteiger partial charge is 0.450 e. The van der Waals surface area contributed by atoms with E-state index in [9.17, 15) is 9.59 Å². The molecular formula is C24H19N3O3S. The van der Waals surface area contributed by atoms with Crippen LogP contribution in [-0.4, -0.2) is 22.1 Å². The molecule has 0 saturated heterocycles. The second-order valence-electron chi connectivity index (χ2n) is 7.51. The number of nitrogens with zero attached hydrogens (tertiary/aromatic N) is 3. The highest BCUT2D eigenvalue weighted by molar-refractivity contribution is 7.98. The molecule has 31 heavy (non-hydrogen) atoms. The second-order valence-corrected chi connectivity index (χ2v) is 8.39. The third-order valence-corrected chi connectivity index (χ3v) is 6.43. The van der Waals surface area contributed by atoms with Crippen LogP contribution in [0.4, 0.5) is 5.95 Å². The van der Waals surface area contributed by atoms with Gasteiger partial charge >= 0.3 is 0 Å². The van der Waals surface area contributed by atoms with E-state index in [4.69, 9.17) is 4.42 Å². The van der Waals surface area contributed by atoms with Crippen molar-refractivity contribution in [2.24, 2.45) is 0 Å². The van der Waals surface area contributed by atoms with Gasteiger partial charge in [0.05, 0.1) is 17.0 Å². The normalized spacial score (nSPS) is 15.5. The summed E-state index contributed by atoms with van der Waals surface area (Å²) in [6.07, 6.45) is 5.15. The van der Waals surface area contributed by atoms with E-state index in [0.717, 1.165) is 21.6 Å². The van der Waals surface area contributed by atoms with Crippen LogP contribution in [0.25, 0.3) is 11.0 Å². The van der Waals surface area contributed by atoms with Crippen molar-refractivity contribution >= 4 is 34.6 Å². The number of anilines is 1. The molecule has 154 valence electrons. The molecule has 0 fully saturated rings. The van der Waals surface area contributed by atoms with Crippen LogP contribution in [-0.2, 0) is 0 Å². The molecule has 2 aromatic carbocycles. The summed E-state index contributed by atoms with van der Waals surface area (Å²) in [5.41, 5.74) is 3.32. The van der Waals surface area contributed by atoms with Crippen LogP contribution in [0.2, 0.25) is 0 Å². The summed E-state index contributed by atoms with van der Waals surface area (Å²) in [5, 5.41) is 0.469. The van der Waals surface area contributed by atoms with Crippen molar-refractivity contribution in [1.29, 1.82) is 0 Å². The van der Waals surface area contributed by atoms with E-state index in [2.05, 4.69) is 9.97 Å². The van der Waals surface area contributed by atoms with Crippen molar-refractivity contribution in [2.45, 2.75) is 24.8 Å². The number of amides is 1. The Morgan fingerprint density at radius 1 is 1.00 bits per heavy atom. The number of benzene rings is 2. The number of thioether (sulfide) groups is 1. The minimum Gasteiger partial charge on any atom is -0.450 e. The minimum absolute atomic E-state index is 0.0483. The summed E-state index contributed by atoms with van der Waals surface area (Å²) in [4.78, 5) is 38.2. The minimum atomic E-state index is -0.664. The standard InChI is InChI=1S/C24H19N3O3S/c1-13-11-17-18(12-14(13)2)30-22-19(21(17)28)20(15-5-7-16(31-3)8-6-15)27(23(22)29)24-25-9-4-10-26-24/h4-12,20H,1-3H3. The van der Waals surface area contributed by atoms with Crippen molar-refractivity contribution in [2.75, 3.05) is 11.2 Å². The third-order valence-electron chi connectivity index (χ3n) is 5.69. The fourth-order valence-electron chi connectivity index (χ4n) is 3.95. The van der Waals surface area contributed by atoms with Crippen molar-refractivity contribution < 1.29 is 9.21 Å². The molecule has 0 aliphatic carbocycles. The first kappa shape index (κ1) is 19.5. The summed E-state index contributed by atoms with van der Waals surface area (Å²) in [6.45, 7) is 3.90. The van der Waals surface area contributed by atoms with Crippen LogP contribution < -0.4 is 10.3 Å². The summed E-state index contributed by atoms with van der Waals surface area (Å²) in [6, 6.07) is 12.5. The maximum atomic E-state index is 13.6. The SMILES string of the molecule is CSc1ccc(C2c3c(oc4cc(C)c(C)cc4c3=O)C(=O)N2c2ncccn2)cc1. The molecule has 0 N–H and O–H groups in total. The van der Waals surface area contributed by atoms with Gasteiger partial charge in [0, 0.05) is 17.3 Å². The molecule has 1 aliphatic rings. The number of rotatable bonds is 3. The molecule has 0 spiro atoms. The van der Waals surface area contributed by atoms with Crippen molar-refractivity contribution in [3.05, 3.63) is 93.1 Å². The number of hydrogen-bond acceptors (Lipinski definition) is 6. The molecule has 6 nitrogen and oxygen atoms in total. The van der Waals surface area contributed by atoms with Crippen LogP contribution in [0.1, 0.15) is 38.9 Å². The zero-order valence-corrected chi connectivity index (χ0v) is 18.1. The van der Waals surface area contributed by atoms with Gasteiger partial charge in [-0.2, -0.15) is 0 Å². The fourth-order valence-corrected chi connectivity index (χ4v) is 4.36. The predicted octanol–water partition coefficient (Wildman–Crippen LogP) is 4.67. The van der Waals surface area contributed by atoms with Gasteiger partial charge in [-0.05, 0) is 67.1 Å². The van der Waals surface area contributed by atoms with Crippen molar-refractivity contribution in [3.63, 3.8) is 0 Å². The van der Waals surface area contributed by atoms with E-state index < -0.39 is 11.9 Å². The van der Waals surface area contributed by atoms with Crippen LogP contribution in [0.3, 0.4) is 0 Å². The number of aryl methyl sites for hydroxylation is 2. The van der Waals surface area contributed by atoms with E-state index >= 15 is 0 Å². The van der Waals surface area contributed by atoms with Gasteiger partial charge in [0.2, 0.25) is 11.7 Å². The molecule has 0 bridgehead atoms. The van der Waals surface area contributed by atoms with E-state index in [-0.39, 0.29) is 17.1 Å². The Hall–Kier alpha value is -3.45.